The first kappa shape index (κ1) is 16.3. The molecule has 0 saturated carbocycles. The minimum Gasteiger partial charge on any atom is -0.457 e. The van der Waals surface area contributed by atoms with Gasteiger partial charge in [-0.15, -0.1) is 0 Å². The van der Waals surface area contributed by atoms with Crippen molar-refractivity contribution in [2.45, 2.75) is 6.92 Å². The number of benzene rings is 2. The molecule has 0 fully saturated rings. The number of aromatic amines is 1. The molecular formula is C18H15N3O4. The summed E-state index contributed by atoms with van der Waals surface area (Å²) in [4.78, 5) is 25.1. The van der Waals surface area contributed by atoms with Crippen LogP contribution in [-0.4, -0.2) is 15.8 Å². The van der Waals surface area contributed by atoms with Crippen molar-refractivity contribution < 1.29 is 14.5 Å². The Hall–Kier alpha value is -3.61. The first-order valence-electron chi connectivity index (χ1n) is 7.47. The number of aromatic nitrogens is 1. The number of para-hydroxylation sites is 1. The van der Waals surface area contributed by atoms with Gasteiger partial charge in [0.1, 0.15) is 11.5 Å². The molecule has 3 rings (SSSR count). The molecule has 0 saturated heterocycles. The molecule has 25 heavy (non-hydrogen) atoms. The molecule has 1 amide bonds. The predicted molar refractivity (Wildman–Crippen MR) is 92.7 cm³/mol. The first-order chi connectivity index (χ1) is 12.0. The van der Waals surface area contributed by atoms with E-state index in [1.54, 1.807) is 25.1 Å². The van der Waals surface area contributed by atoms with Gasteiger partial charge < -0.3 is 15.5 Å². The van der Waals surface area contributed by atoms with Gasteiger partial charge in [-0.05, 0) is 31.2 Å². The van der Waals surface area contributed by atoms with Crippen molar-refractivity contribution in [1.82, 2.24) is 4.98 Å². The summed E-state index contributed by atoms with van der Waals surface area (Å²) in [6.07, 6.45) is 0. The highest BCUT2D eigenvalue weighted by molar-refractivity contribution is 5.95. The standard InChI is InChI=1S/C18H15N3O4/c1-11-14(18(19)22)10-16(20-11)15-9-12(21(23)24)7-8-17(15)25-13-5-3-2-4-6-13/h2-10,20H,1H3,(H2,19,22). The van der Waals surface area contributed by atoms with Gasteiger partial charge in [0.2, 0.25) is 0 Å². The third kappa shape index (κ3) is 3.35. The van der Waals surface area contributed by atoms with Crippen LogP contribution in [0.5, 0.6) is 11.5 Å². The lowest BCUT2D eigenvalue weighted by atomic mass is 10.1. The lowest BCUT2D eigenvalue weighted by Gasteiger charge is -2.10. The molecular weight excluding hydrogens is 322 g/mol. The average molecular weight is 337 g/mol. The highest BCUT2D eigenvalue weighted by atomic mass is 16.6. The zero-order valence-electron chi connectivity index (χ0n) is 13.4. The Kier molecular flexibility index (Phi) is 4.21. The van der Waals surface area contributed by atoms with E-state index in [1.165, 1.54) is 18.2 Å². The molecule has 1 heterocycles. The van der Waals surface area contributed by atoms with E-state index in [4.69, 9.17) is 10.5 Å². The minimum atomic E-state index is -0.573. The average Bonchev–Trinajstić information content (AvgIpc) is 2.98. The number of carbonyl (C=O) groups is 1. The predicted octanol–water partition coefficient (Wildman–Crippen LogP) is 3.79. The molecule has 7 heteroatoms. The maximum absolute atomic E-state index is 11.5. The normalized spacial score (nSPS) is 10.4. The minimum absolute atomic E-state index is 0.0803. The van der Waals surface area contributed by atoms with Gasteiger partial charge in [0, 0.05) is 23.4 Å². The van der Waals surface area contributed by atoms with E-state index in [2.05, 4.69) is 4.98 Å². The van der Waals surface area contributed by atoms with Crippen LogP contribution < -0.4 is 10.5 Å². The molecule has 0 aliphatic heterocycles. The second-order valence-electron chi connectivity index (χ2n) is 5.44. The van der Waals surface area contributed by atoms with Crippen LogP contribution in [0.2, 0.25) is 0 Å². The summed E-state index contributed by atoms with van der Waals surface area (Å²) < 4.78 is 5.85. The number of nitro benzene ring substituents is 1. The molecule has 3 aromatic rings. The fraction of sp³-hybridized carbons (Fsp3) is 0.0556. The second kappa shape index (κ2) is 6.48. The molecule has 0 spiro atoms. The van der Waals surface area contributed by atoms with Gasteiger partial charge in [0.15, 0.2) is 0 Å². The van der Waals surface area contributed by atoms with Crippen LogP contribution in [0.4, 0.5) is 5.69 Å². The van der Waals surface area contributed by atoms with Crippen LogP contribution in [0.15, 0.2) is 54.6 Å². The highest BCUT2D eigenvalue weighted by Crippen LogP contribution is 2.36. The van der Waals surface area contributed by atoms with E-state index < -0.39 is 10.8 Å². The van der Waals surface area contributed by atoms with Crippen molar-refractivity contribution in [3.05, 3.63) is 76.0 Å². The van der Waals surface area contributed by atoms with Gasteiger partial charge in [-0.2, -0.15) is 0 Å². The monoisotopic (exact) mass is 337 g/mol. The highest BCUT2D eigenvalue weighted by Gasteiger charge is 2.18. The van der Waals surface area contributed by atoms with E-state index in [-0.39, 0.29) is 5.69 Å². The largest absolute Gasteiger partial charge is 0.457 e. The lowest BCUT2D eigenvalue weighted by molar-refractivity contribution is -0.384. The number of nitrogens with zero attached hydrogens (tertiary/aromatic N) is 1. The number of primary amides is 1. The number of nitro groups is 1. The quantitative estimate of drug-likeness (QED) is 0.545. The summed E-state index contributed by atoms with van der Waals surface area (Å²) >= 11 is 0. The summed E-state index contributed by atoms with van der Waals surface area (Å²) in [6.45, 7) is 1.71. The van der Waals surface area contributed by atoms with Crippen molar-refractivity contribution in [3.8, 4) is 22.8 Å². The van der Waals surface area contributed by atoms with Crippen LogP contribution in [0.3, 0.4) is 0 Å². The number of nitrogens with two attached hydrogens (primary N) is 1. The SMILES string of the molecule is Cc1[nH]c(-c2cc([N+](=O)[O-])ccc2Oc2ccccc2)cc1C(N)=O. The van der Waals surface area contributed by atoms with Crippen molar-refractivity contribution in [2.24, 2.45) is 5.73 Å². The summed E-state index contributed by atoms with van der Waals surface area (Å²) in [6, 6.07) is 14.9. The molecule has 2 aromatic carbocycles. The molecule has 0 bridgehead atoms. The van der Waals surface area contributed by atoms with E-state index in [1.807, 2.05) is 18.2 Å². The molecule has 3 N–H and O–H groups in total. The van der Waals surface area contributed by atoms with Gasteiger partial charge >= 0.3 is 0 Å². The van der Waals surface area contributed by atoms with E-state index >= 15 is 0 Å². The number of rotatable bonds is 5. The van der Waals surface area contributed by atoms with Crippen molar-refractivity contribution in [1.29, 1.82) is 0 Å². The van der Waals surface area contributed by atoms with Gasteiger partial charge in [-0.3, -0.25) is 14.9 Å². The number of ether oxygens (including phenoxy) is 1. The number of amides is 1. The molecule has 1 aromatic heterocycles. The summed E-state index contributed by atoms with van der Waals surface area (Å²) in [5.74, 6) is 0.445. The molecule has 0 atom stereocenters. The van der Waals surface area contributed by atoms with Gasteiger partial charge in [0.05, 0.1) is 16.2 Å². The van der Waals surface area contributed by atoms with Gasteiger partial charge in [0.25, 0.3) is 11.6 Å². The Bertz CT molecular complexity index is 948. The Labute approximate surface area is 143 Å². The molecule has 126 valence electrons. The van der Waals surface area contributed by atoms with Crippen molar-refractivity contribution >= 4 is 11.6 Å². The van der Waals surface area contributed by atoms with Crippen molar-refractivity contribution in [2.75, 3.05) is 0 Å². The summed E-state index contributed by atoms with van der Waals surface area (Å²) in [7, 11) is 0. The molecule has 7 nitrogen and oxygen atoms in total. The molecule has 0 unspecified atom stereocenters. The van der Waals surface area contributed by atoms with Crippen molar-refractivity contribution in [3.63, 3.8) is 0 Å². The van der Waals surface area contributed by atoms with Crippen LogP contribution in [-0.2, 0) is 0 Å². The van der Waals surface area contributed by atoms with Gasteiger partial charge in [-0.25, -0.2) is 0 Å². The third-order valence-electron chi connectivity index (χ3n) is 3.72. The second-order valence-corrected chi connectivity index (χ2v) is 5.44. The molecule has 0 radical (unpaired) electrons. The smallest absolute Gasteiger partial charge is 0.270 e. The summed E-state index contributed by atoms with van der Waals surface area (Å²) in [5.41, 5.74) is 7.16. The Morgan fingerprint density at radius 3 is 2.48 bits per heavy atom. The van der Waals surface area contributed by atoms with Crippen LogP contribution >= 0.6 is 0 Å². The summed E-state index contributed by atoms with van der Waals surface area (Å²) in [5, 5.41) is 11.1. The van der Waals surface area contributed by atoms with Crippen LogP contribution in [0, 0.1) is 17.0 Å². The Morgan fingerprint density at radius 1 is 1.16 bits per heavy atom. The Morgan fingerprint density at radius 2 is 1.88 bits per heavy atom. The number of H-pyrrole nitrogens is 1. The van der Waals surface area contributed by atoms with E-state index in [9.17, 15) is 14.9 Å². The zero-order valence-corrected chi connectivity index (χ0v) is 13.4. The number of carbonyl (C=O) groups excluding carboxylic acids is 1. The Balaban J connectivity index is 2.11. The first-order valence-corrected chi connectivity index (χ1v) is 7.47. The fourth-order valence-electron chi connectivity index (χ4n) is 2.51. The lowest BCUT2D eigenvalue weighted by Crippen LogP contribution is -2.10. The van der Waals surface area contributed by atoms with E-state index in [0.717, 1.165) is 0 Å². The number of nitrogens with one attached hydrogen (secondary N) is 1. The maximum Gasteiger partial charge on any atom is 0.270 e. The van der Waals surface area contributed by atoms with Gasteiger partial charge in [-0.1, -0.05) is 18.2 Å². The number of hydrogen-bond donors (Lipinski definition) is 2. The topological polar surface area (TPSA) is 111 Å². The molecule has 0 aliphatic carbocycles. The number of non-ortho nitro benzene ring substituents is 1. The van der Waals surface area contributed by atoms with Crippen LogP contribution in [0.1, 0.15) is 16.1 Å². The third-order valence-corrected chi connectivity index (χ3v) is 3.72. The zero-order chi connectivity index (χ0) is 18.0. The van der Waals surface area contributed by atoms with E-state index in [0.29, 0.717) is 34.0 Å². The maximum atomic E-state index is 11.5. The number of aryl methyl sites for hydroxylation is 1. The number of hydrogen-bond acceptors (Lipinski definition) is 4. The fourth-order valence-corrected chi connectivity index (χ4v) is 2.51. The van der Waals surface area contributed by atoms with Crippen LogP contribution in [0.25, 0.3) is 11.3 Å². The molecule has 0 aliphatic rings.